The van der Waals surface area contributed by atoms with Crippen molar-refractivity contribution in [2.24, 2.45) is 0 Å². The van der Waals surface area contributed by atoms with Crippen LogP contribution in [0, 0.1) is 0 Å². The first-order valence-corrected chi connectivity index (χ1v) is 10.2. The molecule has 3 aromatic rings. The number of pyridine rings is 1. The number of carbonyl (C=O) groups is 1. The summed E-state index contributed by atoms with van der Waals surface area (Å²) in [4.78, 5) is 15.2. The van der Waals surface area contributed by atoms with Gasteiger partial charge in [-0.05, 0) is 70.5 Å². The molecule has 1 aromatic heterocycles. The van der Waals surface area contributed by atoms with Gasteiger partial charge in [-0.15, -0.1) is 0 Å². The van der Waals surface area contributed by atoms with Gasteiger partial charge in [-0.2, -0.15) is 0 Å². The van der Waals surface area contributed by atoms with Crippen LogP contribution in [-0.4, -0.2) is 24.8 Å². The molecular formula is C23H20NO4S-. The predicted molar refractivity (Wildman–Crippen MR) is 112 cm³/mol. The van der Waals surface area contributed by atoms with Crippen molar-refractivity contribution in [2.45, 2.75) is 24.2 Å². The SMILES string of the molecule is O=C(O)CCCC=C(c1cccnc1)c1cccc(-c2ccc(S(=O)[O-])cc2)c1. The number of unbranched alkanes of at least 4 members (excludes halogenated alkanes) is 1. The van der Waals surface area contributed by atoms with Crippen LogP contribution in [-0.2, 0) is 15.9 Å². The summed E-state index contributed by atoms with van der Waals surface area (Å²) in [6.45, 7) is 0. The topological polar surface area (TPSA) is 90.3 Å². The van der Waals surface area contributed by atoms with E-state index in [2.05, 4.69) is 4.98 Å². The summed E-state index contributed by atoms with van der Waals surface area (Å²) in [5.74, 6) is -0.800. The highest BCUT2D eigenvalue weighted by molar-refractivity contribution is 7.79. The average molecular weight is 406 g/mol. The van der Waals surface area contributed by atoms with Crippen LogP contribution in [0.2, 0.25) is 0 Å². The molecule has 1 heterocycles. The first kappa shape index (κ1) is 20.6. The lowest BCUT2D eigenvalue weighted by atomic mass is 9.94. The van der Waals surface area contributed by atoms with Crippen molar-refractivity contribution in [1.82, 2.24) is 4.98 Å². The predicted octanol–water partition coefficient (Wildman–Crippen LogP) is 4.67. The van der Waals surface area contributed by atoms with Crippen molar-refractivity contribution < 1.29 is 18.7 Å². The molecule has 0 aliphatic heterocycles. The highest BCUT2D eigenvalue weighted by Crippen LogP contribution is 2.28. The van der Waals surface area contributed by atoms with E-state index in [4.69, 9.17) is 5.11 Å². The van der Waals surface area contributed by atoms with Crippen molar-refractivity contribution in [3.63, 3.8) is 0 Å². The summed E-state index contributed by atoms with van der Waals surface area (Å²) < 4.78 is 22.1. The third kappa shape index (κ3) is 5.70. The first-order valence-electron chi connectivity index (χ1n) is 9.17. The molecule has 0 bridgehead atoms. The zero-order valence-electron chi connectivity index (χ0n) is 15.7. The molecule has 0 aliphatic carbocycles. The molecule has 0 radical (unpaired) electrons. The minimum Gasteiger partial charge on any atom is -0.768 e. The quantitative estimate of drug-likeness (QED) is 0.433. The number of nitrogens with zero attached hydrogens (tertiary/aromatic N) is 1. The fraction of sp³-hybridized carbons (Fsp3) is 0.130. The van der Waals surface area contributed by atoms with Crippen LogP contribution in [0.1, 0.15) is 30.4 Å². The van der Waals surface area contributed by atoms with Gasteiger partial charge in [-0.1, -0.05) is 42.5 Å². The van der Waals surface area contributed by atoms with E-state index in [0.717, 1.165) is 27.8 Å². The molecule has 0 saturated carbocycles. The Hall–Kier alpha value is -3.09. The Bertz CT molecular complexity index is 1030. The Morgan fingerprint density at radius 1 is 1.03 bits per heavy atom. The van der Waals surface area contributed by atoms with Gasteiger partial charge < -0.3 is 9.66 Å². The number of allylic oxidation sites excluding steroid dienone is 1. The first-order chi connectivity index (χ1) is 14.0. The molecule has 0 fully saturated rings. The van der Waals surface area contributed by atoms with Crippen LogP contribution in [0.4, 0.5) is 0 Å². The van der Waals surface area contributed by atoms with Crippen molar-refractivity contribution in [1.29, 1.82) is 0 Å². The molecule has 148 valence electrons. The van der Waals surface area contributed by atoms with Crippen LogP contribution in [0.5, 0.6) is 0 Å². The fourth-order valence-corrected chi connectivity index (χ4v) is 3.41. The van der Waals surface area contributed by atoms with E-state index in [9.17, 15) is 13.6 Å². The van der Waals surface area contributed by atoms with E-state index >= 15 is 0 Å². The van der Waals surface area contributed by atoms with Crippen molar-refractivity contribution in [3.8, 4) is 11.1 Å². The lowest BCUT2D eigenvalue weighted by molar-refractivity contribution is -0.137. The number of benzene rings is 2. The number of rotatable bonds is 8. The highest BCUT2D eigenvalue weighted by atomic mass is 32.2. The molecule has 29 heavy (non-hydrogen) atoms. The summed E-state index contributed by atoms with van der Waals surface area (Å²) in [5.41, 5.74) is 4.81. The maximum Gasteiger partial charge on any atom is 0.303 e. The summed E-state index contributed by atoms with van der Waals surface area (Å²) in [6.07, 6.45) is 6.88. The van der Waals surface area contributed by atoms with Crippen molar-refractivity contribution in [3.05, 3.63) is 90.3 Å². The highest BCUT2D eigenvalue weighted by Gasteiger charge is 2.08. The summed E-state index contributed by atoms with van der Waals surface area (Å²) >= 11 is -2.25. The monoisotopic (exact) mass is 406 g/mol. The second-order valence-corrected chi connectivity index (χ2v) is 7.43. The van der Waals surface area contributed by atoms with Crippen molar-refractivity contribution >= 4 is 22.6 Å². The Kier molecular flexibility index (Phi) is 7.05. The average Bonchev–Trinajstić information content (AvgIpc) is 2.74. The number of hydrogen-bond acceptors (Lipinski definition) is 4. The zero-order valence-corrected chi connectivity index (χ0v) is 16.5. The van der Waals surface area contributed by atoms with Crippen LogP contribution in [0.3, 0.4) is 0 Å². The molecule has 3 rings (SSSR count). The van der Waals surface area contributed by atoms with Gasteiger partial charge in [-0.3, -0.25) is 14.0 Å². The van der Waals surface area contributed by atoms with Crippen LogP contribution in [0.25, 0.3) is 16.7 Å². The molecule has 1 atom stereocenters. The lowest BCUT2D eigenvalue weighted by Gasteiger charge is -2.11. The maximum absolute atomic E-state index is 11.1. The largest absolute Gasteiger partial charge is 0.768 e. The number of carboxylic acid groups (broad SMARTS) is 1. The molecule has 0 saturated heterocycles. The lowest BCUT2D eigenvalue weighted by Crippen LogP contribution is -1.94. The normalized spacial score (nSPS) is 12.5. The van der Waals surface area contributed by atoms with Gasteiger partial charge in [0.2, 0.25) is 0 Å². The van der Waals surface area contributed by atoms with E-state index in [1.807, 2.05) is 42.5 Å². The Morgan fingerprint density at radius 3 is 2.45 bits per heavy atom. The van der Waals surface area contributed by atoms with E-state index in [-0.39, 0.29) is 11.3 Å². The second kappa shape index (κ2) is 9.91. The van der Waals surface area contributed by atoms with Gasteiger partial charge in [0.15, 0.2) is 0 Å². The third-order valence-electron chi connectivity index (χ3n) is 4.47. The number of carboxylic acids is 1. The van der Waals surface area contributed by atoms with Gasteiger partial charge in [-0.25, -0.2) is 0 Å². The van der Waals surface area contributed by atoms with Gasteiger partial charge in [0.05, 0.1) is 0 Å². The van der Waals surface area contributed by atoms with Crippen molar-refractivity contribution in [2.75, 3.05) is 0 Å². The second-order valence-electron chi connectivity index (χ2n) is 6.49. The molecule has 1 unspecified atom stereocenters. The molecule has 0 spiro atoms. The molecule has 5 nitrogen and oxygen atoms in total. The van der Waals surface area contributed by atoms with Gasteiger partial charge in [0.1, 0.15) is 0 Å². The Morgan fingerprint density at radius 2 is 1.79 bits per heavy atom. The summed E-state index contributed by atoms with van der Waals surface area (Å²) in [6, 6.07) is 18.5. The molecule has 0 aliphatic rings. The minimum absolute atomic E-state index is 0.129. The van der Waals surface area contributed by atoms with Gasteiger partial charge in [0, 0.05) is 29.3 Å². The Labute approximate surface area is 172 Å². The standard InChI is InChI=1S/C23H21NO4S/c25-23(26)9-2-1-8-22(20-7-4-14-24-16-20)19-6-3-5-18(15-19)17-10-12-21(13-11-17)29(27)28/h3-8,10-16H,1-2,9H2,(H,25,26)(H,27,28)/p-1. The van der Waals surface area contributed by atoms with E-state index in [1.54, 1.807) is 36.7 Å². The molecule has 1 N–H and O–H groups in total. The van der Waals surface area contributed by atoms with Gasteiger partial charge in [0.25, 0.3) is 0 Å². The minimum atomic E-state index is -2.25. The maximum atomic E-state index is 11.1. The molecule has 0 amide bonds. The van der Waals surface area contributed by atoms with Crippen LogP contribution >= 0.6 is 0 Å². The summed E-state index contributed by atoms with van der Waals surface area (Å²) in [5, 5.41) is 8.86. The van der Waals surface area contributed by atoms with Crippen LogP contribution < -0.4 is 0 Å². The Balaban J connectivity index is 1.93. The fourth-order valence-electron chi connectivity index (χ4n) is 3.05. The van der Waals surface area contributed by atoms with E-state index in [0.29, 0.717) is 12.8 Å². The van der Waals surface area contributed by atoms with E-state index in [1.165, 1.54) is 0 Å². The van der Waals surface area contributed by atoms with E-state index < -0.39 is 17.0 Å². The molecule has 2 aromatic carbocycles. The number of hydrogen-bond donors (Lipinski definition) is 1. The number of aromatic nitrogens is 1. The van der Waals surface area contributed by atoms with Gasteiger partial charge >= 0.3 is 5.97 Å². The smallest absolute Gasteiger partial charge is 0.303 e. The van der Waals surface area contributed by atoms with Crippen LogP contribution in [0.15, 0.2) is 84.0 Å². The summed E-state index contributed by atoms with van der Waals surface area (Å²) in [7, 11) is 0. The third-order valence-corrected chi connectivity index (χ3v) is 5.13. The molecular weight excluding hydrogens is 386 g/mol. The molecule has 6 heteroatoms. The zero-order chi connectivity index (χ0) is 20.6. The number of aliphatic carboxylic acids is 1.